The predicted octanol–water partition coefficient (Wildman–Crippen LogP) is 0.383. The molecule has 1 aromatic heterocycles. The second kappa shape index (κ2) is 5.62. The third-order valence-electron chi connectivity index (χ3n) is 2.69. The van der Waals surface area contributed by atoms with E-state index >= 15 is 0 Å². The van der Waals surface area contributed by atoms with E-state index in [9.17, 15) is 5.11 Å². The summed E-state index contributed by atoms with van der Waals surface area (Å²) in [7, 11) is 5.88. The summed E-state index contributed by atoms with van der Waals surface area (Å²) in [6, 6.07) is 0.128. The zero-order chi connectivity index (χ0) is 13.1. The number of hydrogen-bond donors (Lipinski definition) is 2. The van der Waals surface area contributed by atoms with Crippen molar-refractivity contribution in [3.05, 3.63) is 18.2 Å². The van der Waals surface area contributed by atoms with Crippen molar-refractivity contribution >= 4 is 0 Å². The fourth-order valence-corrected chi connectivity index (χ4v) is 2.00. The van der Waals surface area contributed by atoms with Crippen molar-refractivity contribution in [1.29, 1.82) is 0 Å². The summed E-state index contributed by atoms with van der Waals surface area (Å²) in [6.07, 6.45) is 3.71. The van der Waals surface area contributed by atoms with E-state index in [4.69, 9.17) is 0 Å². The highest BCUT2D eigenvalue weighted by Gasteiger charge is 2.22. The molecule has 0 aromatic carbocycles. The minimum Gasteiger partial charge on any atom is -0.388 e. The van der Waals surface area contributed by atoms with Gasteiger partial charge < -0.3 is 19.9 Å². The minimum absolute atomic E-state index is 0.128. The first-order valence-electron chi connectivity index (χ1n) is 5.89. The molecule has 0 radical (unpaired) electrons. The second-order valence-electron chi connectivity index (χ2n) is 5.23. The molecule has 0 fully saturated rings. The summed E-state index contributed by atoms with van der Waals surface area (Å²) >= 11 is 0. The number of rotatable bonds is 6. The Morgan fingerprint density at radius 3 is 2.71 bits per heavy atom. The molecule has 1 rings (SSSR count). The van der Waals surface area contributed by atoms with Gasteiger partial charge in [-0.05, 0) is 27.9 Å². The Balaban J connectivity index is 2.48. The summed E-state index contributed by atoms with van der Waals surface area (Å²) in [6.45, 7) is 5.06. The minimum atomic E-state index is -0.733. The summed E-state index contributed by atoms with van der Waals surface area (Å²) in [5.41, 5.74) is -0.733. The molecule has 2 unspecified atom stereocenters. The SMILES string of the molecule is CC(NCC(C)(O)CN(C)C)c1nccn1C. The molecule has 98 valence electrons. The Kier molecular flexibility index (Phi) is 4.68. The molecule has 17 heavy (non-hydrogen) atoms. The van der Waals surface area contributed by atoms with E-state index < -0.39 is 5.60 Å². The molecular weight excluding hydrogens is 216 g/mol. The van der Waals surface area contributed by atoms with Crippen molar-refractivity contribution in [3.63, 3.8) is 0 Å². The molecule has 0 saturated carbocycles. The van der Waals surface area contributed by atoms with Gasteiger partial charge in [0.15, 0.2) is 0 Å². The van der Waals surface area contributed by atoms with Gasteiger partial charge in [-0.15, -0.1) is 0 Å². The fourth-order valence-electron chi connectivity index (χ4n) is 2.00. The first kappa shape index (κ1) is 14.2. The topological polar surface area (TPSA) is 53.3 Å². The van der Waals surface area contributed by atoms with Gasteiger partial charge in [0, 0.05) is 32.5 Å². The van der Waals surface area contributed by atoms with Crippen LogP contribution in [0.2, 0.25) is 0 Å². The van der Waals surface area contributed by atoms with Gasteiger partial charge in [-0.1, -0.05) is 0 Å². The smallest absolute Gasteiger partial charge is 0.125 e. The van der Waals surface area contributed by atoms with E-state index in [-0.39, 0.29) is 6.04 Å². The summed E-state index contributed by atoms with van der Waals surface area (Å²) < 4.78 is 1.98. The number of aliphatic hydroxyl groups is 1. The lowest BCUT2D eigenvalue weighted by Gasteiger charge is -2.28. The Labute approximate surface area is 103 Å². The van der Waals surface area contributed by atoms with Gasteiger partial charge in [-0.2, -0.15) is 0 Å². The van der Waals surface area contributed by atoms with Gasteiger partial charge in [0.25, 0.3) is 0 Å². The molecule has 0 bridgehead atoms. The number of aromatic nitrogens is 2. The van der Waals surface area contributed by atoms with Crippen LogP contribution in [0.1, 0.15) is 25.7 Å². The Bertz CT molecular complexity index is 346. The van der Waals surface area contributed by atoms with Gasteiger partial charge in [0.05, 0.1) is 11.6 Å². The monoisotopic (exact) mass is 240 g/mol. The van der Waals surface area contributed by atoms with Crippen molar-refractivity contribution in [1.82, 2.24) is 19.8 Å². The molecule has 1 heterocycles. The summed E-state index contributed by atoms with van der Waals surface area (Å²) in [5, 5.41) is 13.5. The fraction of sp³-hybridized carbons (Fsp3) is 0.750. The molecule has 0 aliphatic carbocycles. The number of aryl methyl sites for hydroxylation is 1. The van der Waals surface area contributed by atoms with E-state index in [0.717, 1.165) is 5.82 Å². The molecule has 2 N–H and O–H groups in total. The number of imidazole rings is 1. The highest BCUT2D eigenvalue weighted by atomic mass is 16.3. The van der Waals surface area contributed by atoms with Crippen LogP contribution in [-0.2, 0) is 7.05 Å². The van der Waals surface area contributed by atoms with Crippen LogP contribution in [0.5, 0.6) is 0 Å². The Hall–Kier alpha value is -0.910. The maximum Gasteiger partial charge on any atom is 0.125 e. The molecule has 0 amide bonds. The first-order valence-corrected chi connectivity index (χ1v) is 5.89. The standard InChI is InChI=1S/C12H24N4O/c1-10(11-13-6-7-16(11)5)14-8-12(2,17)9-15(3)4/h6-7,10,14,17H,8-9H2,1-5H3. The van der Waals surface area contributed by atoms with Gasteiger partial charge in [0.1, 0.15) is 5.82 Å². The number of hydrogen-bond acceptors (Lipinski definition) is 4. The predicted molar refractivity (Wildman–Crippen MR) is 68.8 cm³/mol. The van der Waals surface area contributed by atoms with Crippen LogP contribution >= 0.6 is 0 Å². The van der Waals surface area contributed by atoms with Crippen LogP contribution in [-0.4, -0.2) is 52.3 Å². The van der Waals surface area contributed by atoms with E-state index in [1.54, 1.807) is 6.20 Å². The zero-order valence-corrected chi connectivity index (χ0v) is 11.4. The highest BCUT2D eigenvalue weighted by molar-refractivity contribution is 4.97. The lowest BCUT2D eigenvalue weighted by molar-refractivity contribution is 0.0314. The van der Waals surface area contributed by atoms with Gasteiger partial charge in [-0.3, -0.25) is 0 Å². The normalized spacial score (nSPS) is 17.1. The van der Waals surface area contributed by atoms with Crippen LogP contribution in [0.4, 0.5) is 0 Å². The maximum atomic E-state index is 10.2. The highest BCUT2D eigenvalue weighted by Crippen LogP contribution is 2.10. The summed E-state index contributed by atoms with van der Waals surface area (Å²) in [5.74, 6) is 0.977. The Morgan fingerprint density at radius 1 is 1.59 bits per heavy atom. The van der Waals surface area contributed by atoms with Gasteiger partial charge in [-0.25, -0.2) is 4.98 Å². The second-order valence-corrected chi connectivity index (χ2v) is 5.23. The Morgan fingerprint density at radius 2 is 2.24 bits per heavy atom. The quantitative estimate of drug-likeness (QED) is 0.755. The molecule has 1 aromatic rings. The van der Waals surface area contributed by atoms with Crippen molar-refractivity contribution in [2.45, 2.75) is 25.5 Å². The lowest BCUT2D eigenvalue weighted by atomic mass is 10.1. The molecular formula is C12H24N4O. The van der Waals surface area contributed by atoms with Crippen LogP contribution in [0, 0.1) is 0 Å². The van der Waals surface area contributed by atoms with Crippen molar-refractivity contribution in [2.24, 2.45) is 7.05 Å². The van der Waals surface area contributed by atoms with Crippen LogP contribution in [0.25, 0.3) is 0 Å². The molecule has 2 atom stereocenters. The first-order chi connectivity index (χ1) is 7.82. The van der Waals surface area contributed by atoms with Crippen LogP contribution in [0.15, 0.2) is 12.4 Å². The van der Waals surface area contributed by atoms with Gasteiger partial charge in [0.2, 0.25) is 0 Å². The van der Waals surface area contributed by atoms with Crippen molar-refractivity contribution in [2.75, 3.05) is 27.2 Å². The van der Waals surface area contributed by atoms with E-state index in [0.29, 0.717) is 13.1 Å². The van der Waals surface area contributed by atoms with Crippen LogP contribution in [0.3, 0.4) is 0 Å². The average molecular weight is 240 g/mol. The molecule has 0 aliphatic rings. The molecule has 0 saturated heterocycles. The van der Waals surface area contributed by atoms with Crippen molar-refractivity contribution in [3.8, 4) is 0 Å². The van der Waals surface area contributed by atoms with Crippen LogP contribution < -0.4 is 5.32 Å². The van der Waals surface area contributed by atoms with E-state index in [2.05, 4.69) is 10.3 Å². The zero-order valence-electron chi connectivity index (χ0n) is 11.4. The summed E-state index contributed by atoms with van der Waals surface area (Å²) in [4.78, 5) is 6.26. The average Bonchev–Trinajstić information content (AvgIpc) is 2.59. The molecule has 5 heteroatoms. The van der Waals surface area contributed by atoms with E-state index in [1.807, 2.05) is 50.7 Å². The lowest BCUT2D eigenvalue weighted by Crippen LogP contribution is -2.46. The largest absolute Gasteiger partial charge is 0.388 e. The number of likely N-dealkylation sites (N-methyl/N-ethyl adjacent to an activating group) is 1. The maximum absolute atomic E-state index is 10.2. The number of nitrogens with one attached hydrogen (secondary N) is 1. The van der Waals surface area contributed by atoms with Gasteiger partial charge >= 0.3 is 0 Å². The third kappa shape index (κ3) is 4.46. The van der Waals surface area contributed by atoms with E-state index in [1.165, 1.54) is 0 Å². The number of nitrogens with zero attached hydrogens (tertiary/aromatic N) is 3. The third-order valence-corrected chi connectivity index (χ3v) is 2.69. The van der Waals surface area contributed by atoms with Crippen molar-refractivity contribution < 1.29 is 5.11 Å². The molecule has 0 aliphatic heterocycles. The molecule has 5 nitrogen and oxygen atoms in total. The molecule has 0 spiro atoms.